The number of ether oxygens (including phenoxy) is 6. The summed E-state index contributed by atoms with van der Waals surface area (Å²) in [5.74, 6) is -4.12. The molecular formula is C31H48O13. The van der Waals surface area contributed by atoms with Crippen molar-refractivity contribution in [3.8, 4) is 0 Å². The molecular weight excluding hydrogens is 580 g/mol. The molecule has 13 nitrogen and oxygen atoms in total. The number of methoxy groups -OCH3 is 1. The van der Waals surface area contributed by atoms with Crippen LogP contribution in [0.4, 0.5) is 0 Å². The van der Waals surface area contributed by atoms with Crippen molar-refractivity contribution in [1.82, 2.24) is 0 Å². The number of esters is 5. The number of aliphatic hydroxyl groups is 2. The van der Waals surface area contributed by atoms with Gasteiger partial charge in [0.05, 0.1) is 18.8 Å². The number of hydrogen-bond acceptors (Lipinski definition) is 13. The van der Waals surface area contributed by atoms with Crippen LogP contribution in [0.5, 0.6) is 0 Å². The molecule has 3 aliphatic rings. The predicted molar refractivity (Wildman–Crippen MR) is 151 cm³/mol. The maximum Gasteiger partial charge on any atom is 0.339 e. The molecule has 3 fully saturated rings. The summed E-state index contributed by atoms with van der Waals surface area (Å²) in [6.45, 7) is 9.55. The van der Waals surface area contributed by atoms with E-state index in [4.69, 9.17) is 28.4 Å². The zero-order valence-electron chi connectivity index (χ0n) is 26.7. The van der Waals surface area contributed by atoms with E-state index in [9.17, 15) is 34.2 Å². The monoisotopic (exact) mass is 628 g/mol. The van der Waals surface area contributed by atoms with Crippen molar-refractivity contribution in [2.75, 3.05) is 7.11 Å². The highest BCUT2D eigenvalue weighted by molar-refractivity contribution is 5.77. The van der Waals surface area contributed by atoms with Gasteiger partial charge < -0.3 is 38.6 Å². The van der Waals surface area contributed by atoms with Gasteiger partial charge in [0.2, 0.25) is 12.4 Å². The predicted octanol–water partition coefficient (Wildman–Crippen LogP) is 2.36. The van der Waals surface area contributed by atoms with Crippen LogP contribution >= 0.6 is 0 Å². The molecule has 2 aliphatic carbocycles. The number of carbonyl (C=O) groups excluding carboxylic acids is 5. The number of aliphatic hydroxyl groups excluding tert-OH is 1. The van der Waals surface area contributed by atoms with Gasteiger partial charge in [-0.3, -0.25) is 19.2 Å². The lowest BCUT2D eigenvalue weighted by molar-refractivity contribution is -0.294. The summed E-state index contributed by atoms with van der Waals surface area (Å²) in [5.41, 5.74) is -1.28. The molecule has 1 aliphatic heterocycles. The molecule has 0 amide bonds. The molecule has 250 valence electrons. The summed E-state index contributed by atoms with van der Waals surface area (Å²) in [5, 5.41) is 22.5. The molecule has 0 aromatic heterocycles. The first-order valence-electron chi connectivity index (χ1n) is 15.4. The molecule has 2 N–H and O–H groups in total. The first kappa shape index (κ1) is 35.7. The van der Waals surface area contributed by atoms with Crippen LogP contribution in [0.15, 0.2) is 0 Å². The van der Waals surface area contributed by atoms with Gasteiger partial charge in [0.25, 0.3) is 0 Å². The first-order valence-corrected chi connectivity index (χ1v) is 15.4. The average Bonchev–Trinajstić information content (AvgIpc) is 3.22. The van der Waals surface area contributed by atoms with E-state index in [1.165, 1.54) is 0 Å². The van der Waals surface area contributed by atoms with Crippen LogP contribution in [0.1, 0.15) is 92.9 Å². The minimum absolute atomic E-state index is 0.0656. The van der Waals surface area contributed by atoms with E-state index in [1.807, 2.05) is 0 Å². The molecule has 1 saturated heterocycles. The molecule has 0 aromatic carbocycles. The second-order valence-corrected chi connectivity index (χ2v) is 12.9. The van der Waals surface area contributed by atoms with E-state index in [1.54, 1.807) is 0 Å². The fraction of sp³-hybridized carbons (Fsp3) is 0.839. The largest absolute Gasteiger partial charge is 0.467 e. The Morgan fingerprint density at radius 2 is 1.52 bits per heavy atom. The number of rotatable bonds is 12. The molecule has 13 heteroatoms. The molecule has 11 atom stereocenters. The Morgan fingerprint density at radius 3 is 2.09 bits per heavy atom. The van der Waals surface area contributed by atoms with Crippen molar-refractivity contribution in [2.45, 2.75) is 135 Å². The van der Waals surface area contributed by atoms with E-state index < -0.39 is 72.3 Å². The Kier molecular flexibility index (Phi) is 11.8. The highest BCUT2D eigenvalue weighted by atomic mass is 16.7. The zero-order chi connectivity index (χ0) is 33.0. The lowest BCUT2D eigenvalue weighted by atomic mass is 9.56. The number of hydrogen-bond donors (Lipinski definition) is 2. The van der Waals surface area contributed by atoms with Gasteiger partial charge in [-0.05, 0) is 55.3 Å². The van der Waals surface area contributed by atoms with Crippen LogP contribution in [0.25, 0.3) is 0 Å². The minimum atomic E-state index is -1.69. The highest BCUT2D eigenvalue weighted by Crippen LogP contribution is 2.61. The van der Waals surface area contributed by atoms with Gasteiger partial charge in [0.15, 0.2) is 18.3 Å². The SMILES string of the molecule is CCCC(C)C1C(CCCC(=O)O[C@@H]2O[C@H](C(=O)OC)[C@@H](OC(C)=O)[C@H](OC(C)=O)[C@H]2OC(C)=O)[C@@]2(C)CCC(O)(C2)[C@H]1O. The first-order chi connectivity index (χ1) is 20.6. The molecule has 2 bridgehead atoms. The Labute approximate surface area is 258 Å². The zero-order valence-corrected chi connectivity index (χ0v) is 26.7. The topological polar surface area (TPSA) is 181 Å². The summed E-state index contributed by atoms with van der Waals surface area (Å²) >= 11 is 0. The molecule has 0 spiro atoms. The van der Waals surface area contributed by atoms with Gasteiger partial charge >= 0.3 is 29.8 Å². The van der Waals surface area contributed by atoms with Gasteiger partial charge in [0, 0.05) is 27.2 Å². The van der Waals surface area contributed by atoms with Crippen molar-refractivity contribution in [2.24, 2.45) is 23.2 Å². The minimum Gasteiger partial charge on any atom is -0.467 e. The van der Waals surface area contributed by atoms with E-state index in [0.29, 0.717) is 25.7 Å². The fourth-order valence-electron chi connectivity index (χ4n) is 7.72. The number of fused-ring (bicyclic) bond motifs is 2. The summed E-state index contributed by atoms with van der Waals surface area (Å²) < 4.78 is 31.8. The number of carbonyl (C=O) groups is 5. The summed E-state index contributed by atoms with van der Waals surface area (Å²) in [4.78, 5) is 61.6. The van der Waals surface area contributed by atoms with Gasteiger partial charge in [-0.25, -0.2) is 4.79 Å². The van der Waals surface area contributed by atoms with E-state index in [-0.39, 0.29) is 29.6 Å². The van der Waals surface area contributed by atoms with Crippen molar-refractivity contribution in [3.63, 3.8) is 0 Å². The smallest absolute Gasteiger partial charge is 0.339 e. The molecule has 4 unspecified atom stereocenters. The normalized spacial score (nSPS) is 36.9. The van der Waals surface area contributed by atoms with Gasteiger partial charge in [-0.15, -0.1) is 0 Å². The Morgan fingerprint density at radius 1 is 0.932 bits per heavy atom. The fourth-order valence-corrected chi connectivity index (χ4v) is 7.72. The van der Waals surface area contributed by atoms with Crippen molar-refractivity contribution >= 4 is 29.8 Å². The maximum absolute atomic E-state index is 13.1. The standard InChI is InChI=1S/C31H48O13/c1-8-10-16(2)22-20(30(6)13-14-31(38,15-30)27(22)36)11-9-12-21(35)43-29-26(42-19(5)34)24(41-18(4)33)23(40-17(3)32)25(44-29)28(37)39-7/h16,20,22-27,29,36,38H,8-15H2,1-7H3/t16?,20?,22?,23-,24-,25-,26+,27-,29+,30-,31?/m0/s1. The molecule has 1 heterocycles. The molecule has 2 saturated carbocycles. The van der Waals surface area contributed by atoms with Crippen LogP contribution in [-0.4, -0.2) is 89.6 Å². The van der Waals surface area contributed by atoms with Crippen LogP contribution in [-0.2, 0) is 52.4 Å². The van der Waals surface area contributed by atoms with E-state index >= 15 is 0 Å². The van der Waals surface area contributed by atoms with Crippen molar-refractivity contribution in [1.29, 1.82) is 0 Å². The van der Waals surface area contributed by atoms with E-state index in [0.717, 1.165) is 47.1 Å². The van der Waals surface area contributed by atoms with Gasteiger partial charge in [0.1, 0.15) is 0 Å². The Balaban J connectivity index is 1.78. The average molecular weight is 629 g/mol. The van der Waals surface area contributed by atoms with E-state index in [2.05, 4.69) is 20.8 Å². The second-order valence-electron chi connectivity index (χ2n) is 12.9. The maximum atomic E-state index is 13.1. The lowest BCUT2D eigenvalue weighted by Gasteiger charge is -2.51. The van der Waals surface area contributed by atoms with Crippen molar-refractivity contribution in [3.05, 3.63) is 0 Å². The lowest BCUT2D eigenvalue weighted by Crippen LogP contribution is -2.64. The molecule has 3 rings (SSSR count). The van der Waals surface area contributed by atoms with Crippen LogP contribution < -0.4 is 0 Å². The molecule has 0 aromatic rings. The quantitative estimate of drug-likeness (QED) is 0.238. The van der Waals surface area contributed by atoms with Crippen LogP contribution in [0.3, 0.4) is 0 Å². The summed E-state index contributed by atoms with van der Waals surface area (Å²) in [6.07, 6.45) is -4.28. The molecule has 44 heavy (non-hydrogen) atoms. The summed E-state index contributed by atoms with van der Waals surface area (Å²) in [7, 11) is 1.07. The Hall–Kier alpha value is -2.77. The third kappa shape index (κ3) is 7.89. The second kappa shape index (κ2) is 14.6. The van der Waals surface area contributed by atoms with Crippen LogP contribution in [0.2, 0.25) is 0 Å². The van der Waals surface area contributed by atoms with Gasteiger partial charge in [-0.1, -0.05) is 33.6 Å². The third-order valence-electron chi connectivity index (χ3n) is 9.49. The Bertz CT molecular complexity index is 1080. The van der Waals surface area contributed by atoms with Gasteiger partial charge in [-0.2, -0.15) is 0 Å². The van der Waals surface area contributed by atoms with Crippen LogP contribution in [0, 0.1) is 23.2 Å². The summed E-state index contributed by atoms with van der Waals surface area (Å²) in [6, 6.07) is 0. The molecule has 0 radical (unpaired) electrons. The third-order valence-corrected chi connectivity index (χ3v) is 9.49. The van der Waals surface area contributed by atoms with Crippen molar-refractivity contribution < 1.29 is 62.6 Å². The highest BCUT2D eigenvalue weighted by Gasteiger charge is 2.61.